The van der Waals surface area contributed by atoms with Crippen molar-refractivity contribution in [3.8, 4) is 0 Å². The predicted octanol–water partition coefficient (Wildman–Crippen LogP) is 1.75. The minimum atomic E-state index is -0.644. The molecule has 1 saturated carbocycles. The second kappa shape index (κ2) is 4.43. The molecule has 0 aromatic heterocycles. The smallest absolute Gasteiger partial charge is 0.250 e. The highest BCUT2D eigenvalue weighted by molar-refractivity contribution is 6.34. The van der Waals surface area contributed by atoms with E-state index in [0.29, 0.717) is 5.69 Å². The number of hydrogen-bond donors (Lipinski definition) is 1. The molecule has 6 heteroatoms. The van der Waals surface area contributed by atoms with Crippen molar-refractivity contribution in [2.75, 3.05) is 4.90 Å². The van der Waals surface area contributed by atoms with Gasteiger partial charge in [-0.25, -0.2) is 4.90 Å². The Balaban J connectivity index is 1.73. The Hall–Kier alpha value is -2.14. The molecule has 4 atom stereocenters. The van der Waals surface area contributed by atoms with Crippen LogP contribution < -0.4 is 10.6 Å². The van der Waals surface area contributed by atoms with Crippen LogP contribution in [0.2, 0.25) is 5.02 Å². The molecule has 2 bridgehead atoms. The van der Waals surface area contributed by atoms with Crippen molar-refractivity contribution in [3.63, 3.8) is 0 Å². The first-order valence-electron chi connectivity index (χ1n) is 7.14. The van der Waals surface area contributed by atoms with Crippen LogP contribution in [0.15, 0.2) is 30.4 Å². The Labute approximate surface area is 131 Å². The Morgan fingerprint density at radius 2 is 1.73 bits per heavy atom. The normalized spacial score (nSPS) is 32.0. The first-order valence-corrected chi connectivity index (χ1v) is 7.52. The lowest BCUT2D eigenvalue weighted by molar-refractivity contribution is -0.123. The van der Waals surface area contributed by atoms with Gasteiger partial charge in [-0.2, -0.15) is 0 Å². The molecule has 112 valence electrons. The fourth-order valence-electron chi connectivity index (χ4n) is 4.00. The Bertz CT molecular complexity index is 728. The average molecular weight is 317 g/mol. The third kappa shape index (κ3) is 1.63. The summed E-state index contributed by atoms with van der Waals surface area (Å²) in [6.45, 7) is 0. The standard InChI is InChI=1S/C16H13ClN2O3/c17-11-6-9(3-4-10(11)14(18)20)19-15(21)12-7-1-2-8(5-7)13(12)16(19)22/h1-4,6-8,12-13H,5H2,(H2,18,20)/t7-,8+,12+,13-. The van der Waals surface area contributed by atoms with E-state index in [-0.39, 0.29) is 46.1 Å². The monoisotopic (exact) mass is 316 g/mol. The van der Waals surface area contributed by atoms with Crippen LogP contribution in [0, 0.1) is 23.7 Å². The lowest BCUT2D eigenvalue weighted by Gasteiger charge is -2.18. The van der Waals surface area contributed by atoms with E-state index in [1.165, 1.54) is 23.1 Å². The zero-order valence-corrected chi connectivity index (χ0v) is 12.3. The van der Waals surface area contributed by atoms with Gasteiger partial charge in [0.1, 0.15) is 0 Å². The maximum absolute atomic E-state index is 12.7. The number of rotatable bonds is 2. The van der Waals surface area contributed by atoms with E-state index in [1.807, 2.05) is 12.2 Å². The van der Waals surface area contributed by atoms with Gasteiger partial charge in [0.25, 0.3) is 0 Å². The van der Waals surface area contributed by atoms with E-state index in [2.05, 4.69) is 0 Å². The van der Waals surface area contributed by atoms with Gasteiger partial charge < -0.3 is 5.73 Å². The van der Waals surface area contributed by atoms with Crippen LogP contribution in [-0.2, 0) is 9.59 Å². The minimum Gasteiger partial charge on any atom is -0.366 e. The number of allylic oxidation sites excluding steroid dienone is 2. The van der Waals surface area contributed by atoms with Gasteiger partial charge >= 0.3 is 0 Å². The van der Waals surface area contributed by atoms with Crippen LogP contribution in [0.1, 0.15) is 16.8 Å². The van der Waals surface area contributed by atoms with Crippen molar-refractivity contribution in [1.82, 2.24) is 0 Å². The fraction of sp³-hybridized carbons (Fsp3) is 0.312. The number of nitrogens with two attached hydrogens (primary N) is 1. The third-order valence-corrected chi connectivity index (χ3v) is 5.26. The number of benzene rings is 1. The molecule has 2 fully saturated rings. The summed E-state index contributed by atoms with van der Waals surface area (Å²) < 4.78 is 0. The number of primary amides is 1. The molecule has 4 rings (SSSR count). The van der Waals surface area contributed by atoms with E-state index < -0.39 is 5.91 Å². The van der Waals surface area contributed by atoms with Gasteiger partial charge in [0, 0.05) is 0 Å². The molecule has 0 unspecified atom stereocenters. The van der Waals surface area contributed by atoms with Gasteiger partial charge in [-0.1, -0.05) is 23.8 Å². The highest BCUT2D eigenvalue weighted by Crippen LogP contribution is 2.53. The quantitative estimate of drug-likeness (QED) is 0.666. The van der Waals surface area contributed by atoms with Gasteiger partial charge in [0.05, 0.1) is 28.1 Å². The summed E-state index contributed by atoms with van der Waals surface area (Å²) in [4.78, 5) is 37.7. The molecular formula is C16H13ClN2O3. The van der Waals surface area contributed by atoms with Crippen molar-refractivity contribution in [1.29, 1.82) is 0 Å². The highest BCUT2D eigenvalue weighted by atomic mass is 35.5. The van der Waals surface area contributed by atoms with Crippen molar-refractivity contribution in [2.24, 2.45) is 29.4 Å². The van der Waals surface area contributed by atoms with Gasteiger partial charge in [-0.15, -0.1) is 0 Å². The summed E-state index contributed by atoms with van der Waals surface area (Å²) in [7, 11) is 0. The number of carbonyl (C=O) groups excluding carboxylic acids is 3. The van der Waals surface area contributed by atoms with Crippen LogP contribution >= 0.6 is 11.6 Å². The van der Waals surface area contributed by atoms with Crippen LogP contribution in [0.3, 0.4) is 0 Å². The summed E-state index contributed by atoms with van der Waals surface area (Å²) in [5, 5.41) is 0.142. The van der Waals surface area contributed by atoms with E-state index in [9.17, 15) is 14.4 Å². The van der Waals surface area contributed by atoms with Gasteiger partial charge in [-0.3, -0.25) is 14.4 Å². The molecule has 1 aromatic carbocycles. The lowest BCUT2D eigenvalue weighted by Crippen LogP contribution is -2.32. The summed E-state index contributed by atoms with van der Waals surface area (Å²) in [6, 6.07) is 4.44. The summed E-state index contributed by atoms with van der Waals surface area (Å²) >= 11 is 6.03. The zero-order chi connectivity index (χ0) is 15.6. The topological polar surface area (TPSA) is 80.5 Å². The van der Waals surface area contributed by atoms with Gasteiger partial charge in [-0.05, 0) is 36.5 Å². The minimum absolute atomic E-state index is 0.142. The van der Waals surface area contributed by atoms with Gasteiger partial charge in [0.15, 0.2) is 0 Å². The molecule has 22 heavy (non-hydrogen) atoms. The van der Waals surface area contributed by atoms with E-state index in [4.69, 9.17) is 17.3 Å². The number of imide groups is 1. The van der Waals surface area contributed by atoms with Crippen molar-refractivity contribution < 1.29 is 14.4 Å². The first kappa shape index (κ1) is 13.5. The SMILES string of the molecule is NC(=O)c1ccc(N2C(=O)[C@@H]3[C@H](C2=O)[C@H]2C=C[C@@H]3C2)cc1Cl. The molecule has 2 N–H and O–H groups in total. The largest absolute Gasteiger partial charge is 0.366 e. The first-order chi connectivity index (χ1) is 10.5. The summed E-state index contributed by atoms with van der Waals surface area (Å²) in [5.41, 5.74) is 5.79. The summed E-state index contributed by atoms with van der Waals surface area (Å²) in [6.07, 6.45) is 4.98. The zero-order valence-electron chi connectivity index (χ0n) is 11.5. The second-order valence-corrected chi connectivity index (χ2v) is 6.45. The number of anilines is 1. The Morgan fingerprint density at radius 1 is 1.14 bits per heavy atom. The fourth-order valence-corrected chi connectivity index (χ4v) is 4.27. The highest BCUT2D eigenvalue weighted by Gasteiger charge is 2.59. The molecule has 5 nitrogen and oxygen atoms in total. The van der Waals surface area contributed by atoms with Crippen LogP contribution in [0.5, 0.6) is 0 Å². The number of amides is 3. The molecule has 3 amide bonds. The summed E-state index contributed by atoms with van der Waals surface area (Å²) in [5.74, 6) is -1.16. The maximum atomic E-state index is 12.7. The number of halogens is 1. The van der Waals surface area contributed by atoms with Crippen LogP contribution in [0.4, 0.5) is 5.69 Å². The molecular weight excluding hydrogens is 304 g/mol. The van der Waals surface area contributed by atoms with E-state index in [1.54, 1.807) is 0 Å². The average Bonchev–Trinajstić information content (AvgIpc) is 3.12. The molecule has 1 saturated heterocycles. The molecule has 1 heterocycles. The Morgan fingerprint density at radius 3 is 2.23 bits per heavy atom. The predicted molar refractivity (Wildman–Crippen MR) is 80.2 cm³/mol. The Kier molecular flexibility index (Phi) is 2.72. The maximum Gasteiger partial charge on any atom is 0.250 e. The number of hydrogen-bond acceptors (Lipinski definition) is 3. The number of nitrogens with zero attached hydrogens (tertiary/aromatic N) is 1. The molecule has 1 aromatic rings. The van der Waals surface area contributed by atoms with Gasteiger partial charge in [0.2, 0.25) is 17.7 Å². The van der Waals surface area contributed by atoms with E-state index in [0.717, 1.165) is 6.42 Å². The molecule has 2 aliphatic carbocycles. The van der Waals surface area contributed by atoms with Crippen molar-refractivity contribution >= 4 is 35.0 Å². The molecule has 1 aliphatic heterocycles. The molecule has 0 spiro atoms. The number of fused-ring (bicyclic) bond motifs is 5. The van der Waals surface area contributed by atoms with Crippen molar-refractivity contribution in [3.05, 3.63) is 40.9 Å². The van der Waals surface area contributed by atoms with Crippen LogP contribution in [0.25, 0.3) is 0 Å². The third-order valence-electron chi connectivity index (χ3n) is 4.95. The number of carbonyl (C=O) groups is 3. The van der Waals surface area contributed by atoms with Crippen LogP contribution in [-0.4, -0.2) is 17.7 Å². The molecule has 0 radical (unpaired) electrons. The molecule has 3 aliphatic rings. The van der Waals surface area contributed by atoms with E-state index >= 15 is 0 Å². The van der Waals surface area contributed by atoms with Crippen molar-refractivity contribution in [2.45, 2.75) is 6.42 Å². The lowest BCUT2D eigenvalue weighted by atomic mass is 9.85. The second-order valence-electron chi connectivity index (χ2n) is 6.04.